The van der Waals surface area contributed by atoms with Crippen LogP contribution in [-0.2, 0) is 6.61 Å². The van der Waals surface area contributed by atoms with Gasteiger partial charge in [0.05, 0.1) is 6.61 Å². The number of benzene rings is 2. The lowest BCUT2D eigenvalue weighted by Crippen LogP contribution is -1.83. The van der Waals surface area contributed by atoms with Gasteiger partial charge in [0.25, 0.3) is 0 Å². The van der Waals surface area contributed by atoms with Crippen molar-refractivity contribution >= 4 is 11.8 Å². The van der Waals surface area contributed by atoms with E-state index in [2.05, 4.69) is 30.5 Å². The van der Waals surface area contributed by atoms with Gasteiger partial charge in [-0.25, -0.2) is 0 Å². The van der Waals surface area contributed by atoms with E-state index in [1.54, 1.807) is 11.8 Å². The third-order valence-corrected chi connectivity index (χ3v) is 3.30. The Morgan fingerprint density at radius 1 is 0.875 bits per heavy atom. The fraction of sp³-hybridized carbons (Fsp3) is 0.143. The standard InChI is InChI=1S/C14H14OS/c1-16-14-8-6-13(7-9-14)12-4-2-11(10-15)3-5-12/h2-9,15H,10H2,1H3. The Kier molecular flexibility index (Phi) is 3.65. The summed E-state index contributed by atoms with van der Waals surface area (Å²) in [5, 5.41) is 8.96. The number of hydrogen-bond donors (Lipinski definition) is 1. The van der Waals surface area contributed by atoms with Gasteiger partial charge in [-0.2, -0.15) is 0 Å². The van der Waals surface area contributed by atoms with Crippen LogP contribution in [0, 0.1) is 0 Å². The van der Waals surface area contributed by atoms with Crippen molar-refractivity contribution in [2.24, 2.45) is 0 Å². The molecule has 0 amide bonds. The monoisotopic (exact) mass is 230 g/mol. The number of hydrogen-bond acceptors (Lipinski definition) is 2. The number of thioether (sulfide) groups is 1. The smallest absolute Gasteiger partial charge is 0.0681 e. The number of aliphatic hydroxyl groups excluding tert-OH is 1. The summed E-state index contributed by atoms with van der Waals surface area (Å²) in [6, 6.07) is 16.5. The van der Waals surface area contributed by atoms with Crippen molar-refractivity contribution in [3.8, 4) is 11.1 Å². The first-order valence-electron chi connectivity index (χ1n) is 5.17. The molecule has 0 aliphatic heterocycles. The van der Waals surface area contributed by atoms with Crippen molar-refractivity contribution in [3.05, 3.63) is 54.1 Å². The molecule has 0 fully saturated rings. The van der Waals surface area contributed by atoms with Crippen molar-refractivity contribution in [1.82, 2.24) is 0 Å². The summed E-state index contributed by atoms with van der Waals surface area (Å²) in [6.07, 6.45) is 2.07. The van der Waals surface area contributed by atoms with Gasteiger partial charge in [0.15, 0.2) is 0 Å². The van der Waals surface area contributed by atoms with Crippen LogP contribution in [0.5, 0.6) is 0 Å². The van der Waals surface area contributed by atoms with Crippen molar-refractivity contribution in [1.29, 1.82) is 0 Å². The van der Waals surface area contributed by atoms with Crippen molar-refractivity contribution in [3.63, 3.8) is 0 Å². The zero-order valence-electron chi connectivity index (χ0n) is 9.18. The van der Waals surface area contributed by atoms with Crippen LogP contribution in [0.4, 0.5) is 0 Å². The first-order valence-corrected chi connectivity index (χ1v) is 6.40. The third-order valence-electron chi connectivity index (χ3n) is 2.56. The molecule has 0 heterocycles. The highest BCUT2D eigenvalue weighted by Crippen LogP contribution is 2.23. The van der Waals surface area contributed by atoms with E-state index in [1.807, 2.05) is 24.3 Å². The maximum absolute atomic E-state index is 8.96. The van der Waals surface area contributed by atoms with E-state index in [9.17, 15) is 0 Å². The van der Waals surface area contributed by atoms with Crippen molar-refractivity contribution in [2.45, 2.75) is 11.5 Å². The van der Waals surface area contributed by atoms with E-state index in [0.29, 0.717) is 0 Å². The zero-order chi connectivity index (χ0) is 11.4. The normalized spacial score (nSPS) is 10.4. The molecule has 82 valence electrons. The molecule has 0 radical (unpaired) electrons. The molecule has 0 spiro atoms. The molecular formula is C14H14OS. The predicted molar refractivity (Wildman–Crippen MR) is 69.6 cm³/mol. The highest BCUT2D eigenvalue weighted by molar-refractivity contribution is 7.98. The Labute approximate surface area is 100 Å². The summed E-state index contributed by atoms with van der Waals surface area (Å²) in [5.74, 6) is 0. The van der Waals surface area contributed by atoms with Crippen LogP contribution in [0.2, 0.25) is 0 Å². The zero-order valence-corrected chi connectivity index (χ0v) is 10.00. The Morgan fingerprint density at radius 3 is 1.81 bits per heavy atom. The van der Waals surface area contributed by atoms with Crippen molar-refractivity contribution in [2.75, 3.05) is 6.26 Å². The number of aliphatic hydroxyl groups is 1. The topological polar surface area (TPSA) is 20.2 Å². The molecule has 1 nitrogen and oxygen atoms in total. The second-order valence-corrected chi connectivity index (χ2v) is 4.46. The lowest BCUT2D eigenvalue weighted by Gasteiger charge is -2.04. The molecule has 2 rings (SSSR count). The lowest BCUT2D eigenvalue weighted by atomic mass is 10.0. The van der Waals surface area contributed by atoms with Crippen LogP contribution >= 0.6 is 11.8 Å². The molecule has 16 heavy (non-hydrogen) atoms. The highest BCUT2D eigenvalue weighted by Gasteiger charge is 1.98. The molecule has 0 aromatic heterocycles. The summed E-state index contributed by atoms with van der Waals surface area (Å²) in [6.45, 7) is 0.103. The first-order chi connectivity index (χ1) is 7.83. The molecule has 0 aliphatic carbocycles. The minimum atomic E-state index is 0.103. The van der Waals surface area contributed by atoms with E-state index < -0.39 is 0 Å². The van der Waals surface area contributed by atoms with Crippen LogP contribution in [0.3, 0.4) is 0 Å². The first kappa shape index (κ1) is 11.2. The number of rotatable bonds is 3. The van der Waals surface area contributed by atoms with E-state index in [4.69, 9.17) is 5.11 Å². The van der Waals surface area contributed by atoms with Gasteiger partial charge in [-0.05, 0) is 35.1 Å². The van der Waals surface area contributed by atoms with Gasteiger partial charge >= 0.3 is 0 Å². The fourth-order valence-electron chi connectivity index (χ4n) is 1.59. The molecule has 0 saturated carbocycles. The second-order valence-electron chi connectivity index (χ2n) is 3.58. The van der Waals surface area contributed by atoms with E-state index in [0.717, 1.165) is 5.56 Å². The molecule has 2 aromatic carbocycles. The summed E-state index contributed by atoms with van der Waals surface area (Å²) in [7, 11) is 0. The molecular weight excluding hydrogens is 216 g/mol. The van der Waals surface area contributed by atoms with Crippen molar-refractivity contribution < 1.29 is 5.11 Å². The van der Waals surface area contributed by atoms with Gasteiger partial charge < -0.3 is 5.11 Å². The van der Waals surface area contributed by atoms with Crippen LogP contribution in [0.25, 0.3) is 11.1 Å². The van der Waals surface area contributed by atoms with E-state index >= 15 is 0 Å². The van der Waals surface area contributed by atoms with Crippen LogP contribution in [0.15, 0.2) is 53.4 Å². The predicted octanol–water partition coefficient (Wildman–Crippen LogP) is 3.57. The molecule has 0 unspecified atom stereocenters. The summed E-state index contributed by atoms with van der Waals surface area (Å²) < 4.78 is 0. The van der Waals surface area contributed by atoms with Gasteiger partial charge in [-0.1, -0.05) is 36.4 Å². The Bertz CT molecular complexity index is 400. The second kappa shape index (κ2) is 5.19. The Balaban J connectivity index is 2.28. The lowest BCUT2D eigenvalue weighted by molar-refractivity contribution is 0.282. The van der Waals surface area contributed by atoms with Crippen LogP contribution in [-0.4, -0.2) is 11.4 Å². The molecule has 0 bridgehead atoms. The SMILES string of the molecule is CSc1ccc(-c2ccc(CO)cc2)cc1. The third kappa shape index (κ3) is 2.46. The molecule has 1 N–H and O–H groups in total. The van der Waals surface area contributed by atoms with Gasteiger partial charge in [0.2, 0.25) is 0 Å². The molecule has 0 atom stereocenters. The maximum Gasteiger partial charge on any atom is 0.0681 e. The molecule has 0 aliphatic rings. The van der Waals surface area contributed by atoms with Gasteiger partial charge in [-0.3, -0.25) is 0 Å². The minimum absolute atomic E-state index is 0.103. The Morgan fingerprint density at radius 2 is 1.38 bits per heavy atom. The summed E-state index contributed by atoms with van der Waals surface area (Å²) >= 11 is 1.75. The van der Waals surface area contributed by atoms with Gasteiger partial charge in [-0.15, -0.1) is 11.8 Å². The molecule has 0 saturated heterocycles. The van der Waals surface area contributed by atoms with Gasteiger partial charge in [0.1, 0.15) is 0 Å². The van der Waals surface area contributed by atoms with Gasteiger partial charge in [0, 0.05) is 4.90 Å². The summed E-state index contributed by atoms with van der Waals surface area (Å²) in [4.78, 5) is 1.27. The average Bonchev–Trinajstić information content (AvgIpc) is 2.39. The van der Waals surface area contributed by atoms with E-state index in [-0.39, 0.29) is 6.61 Å². The van der Waals surface area contributed by atoms with Crippen LogP contribution in [0.1, 0.15) is 5.56 Å². The largest absolute Gasteiger partial charge is 0.392 e. The minimum Gasteiger partial charge on any atom is -0.392 e. The fourth-order valence-corrected chi connectivity index (χ4v) is 1.99. The maximum atomic E-state index is 8.96. The van der Waals surface area contributed by atoms with E-state index in [1.165, 1.54) is 16.0 Å². The van der Waals surface area contributed by atoms with Crippen LogP contribution < -0.4 is 0 Å². The average molecular weight is 230 g/mol. The quantitative estimate of drug-likeness (QED) is 0.813. The molecule has 2 aromatic rings. The highest BCUT2D eigenvalue weighted by atomic mass is 32.2. The molecule has 2 heteroatoms. The Hall–Kier alpha value is -1.25. The summed E-state index contributed by atoms with van der Waals surface area (Å²) in [5.41, 5.74) is 3.34.